The lowest BCUT2D eigenvalue weighted by atomic mass is 9.62. The molecule has 1 unspecified atom stereocenters. The highest BCUT2D eigenvalue weighted by Crippen LogP contribution is 2.46. The number of likely N-dealkylation sites (N-methyl/N-ethyl adjacent to an activating group) is 1. The van der Waals surface area contributed by atoms with Crippen molar-refractivity contribution in [2.24, 2.45) is 0 Å². The zero-order valence-corrected chi connectivity index (χ0v) is 21.4. The van der Waals surface area contributed by atoms with E-state index < -0.39 is 11.5 Å². The molecule has 0 radical (unpaired) electrons. The number of fused-ring (bicyclic) bond motifs is 4. The van der Waals surface area contributed by atoms with E-state index in [-0.39, 0.29) is 23.1 Å². The van der Waals surface area contributed by atoms with Gasteiger partial charge in [-0.2, -0.15) is 0 Å². The molecule has 1 heterocycles. The molecule has 5 heteroatoms. The largest absolute Gasteiger partial charge is 0.508 e. The van der Waals surface area contributed by atoms with Crippen LogP contribution in [0.3, 0.4) is 0 Å². The van der Waals surface area contributed by atoms with Crippen molar-refractivity contribution in [2.75, 3.05) is 27.2 Å². The minimum atomic E-state index is -0.823. The quantitative estimate of drug-likeness (QED) is 0.553. The van der Waals surface area contributed by atoms with Crippen LogP contribution < -0.4 is 0 Å². The van der Waals surface area contributed by atoms with Crippen molar-refractivity contribution >= 4 is 5.91 Å². The molecule has 5 rings (SSSR count). The van der Waals surface area contributed by atoms with Crippen molar-refractivity contribution in [1.29, 1.82) is 0 Å². The molecule has 1 saturated heterocycles. The fourth-order valence-corrected chi connectivity index (χ4v) is 6.57. The van der Waals surface area contributed by atoms with Crippen molar-refractivity contribution < 1.29 is 15.0 Å². The van der Waals surface area contributed by atoms with Gasteiger partial charge in [-0.15, -0.1) is 0 Å². The summed E-state index contributed by atoms with van der Waals surface area (Å²) in [6.07, 6.45) is 1.61. The Morgan fingerprint density at radius 1 is 1.03 bits per heavy atom. The van der Waals surface area contributed by atoms with Gasteiger partial charge in [0.2, 0.25) is 5.91 Å². The van der Waals surface area contributed by atoms with Gasteiger partial charge >= 0.3 is 0 Å². The van der Waals surface area contributed by atoms with Gasteiger partial charge < -0.3 is 15.1 Å². The highest BCUT2D eigenvalue weighted by Gasteiger charge is 2.51. The third-order valence-corrected chi connectivity index (χ3v) is 8.62. The van der Waals surface area contributed by atoms with E-state index in [0.717, 1.165) is 36.1 Å². The molecule has 2 bridgehead atoms. The van der Waals surface area contributed by atoms with Crippen LogP contribution in [0.1, 0.15) is 42.0 Å². The minimum Gasteiger partial charge on any atom is -0.508 e. The molecule has 1 aliphatic carbocycles. The number of piperidine rings is 1. The molecule has 3 aromatic carbocycles. The maximum Gasteiger partial charge on any atom is 0.237 e. The Kier molecular flexibility index (Phi) is 6.39. The van der Waals surface area contributed by atoms with Gasteiger partial charge in [0.25, 0.3) is 0 Å². The Morgan fingerprint density at radius 3 is 2.22 bits per heavy atom. The van der Waals surface area contributed by atoms with E-state index >= 15 is 0 Å². The third-order valence-electron chi connectivity index (χ3n) is 8.62. The monoisotopic (exact) mass is 484 g/mol. The zero-order valence-electron chi connectivity index (χ0n) is 21.4. The lowest BCUT2D eigenvalue weighted by Gasteiger charge is -2.54. The zero-order chi connectivity index (χ0) is 25.5. The Balaban J connectivity index is 1.51. The molecule has 0 spiro atoms. The molecular weight excluding hydrogens is 448 g/mol. The smallest absolute Gasteiger partial charge is 0.237 e. The number of hydrogen-bond donors (Lipinski definition) is 2. The van der Waals surface area contributed by atoms with Gasteiger partial charge in [-0.1, -0.05) is 73.7 Å². The number of rotatable bonds is 6. The molecule has 3 aromatic rings. The number of benzene rings is 3. The lowest BCUT2D eigenvalue weighted by Crippen LogP contribution is -2.62. The molecule has 3 atom stereocenters. The third kappa shape index (κ3) is 3.91. The fraction of sp³-hybridized carbons (Fsp3) is 0.387. The van der Waals surface area contributed by atoms with Crippen LogP contribution >= 0.6 is 0 Å². The normalized spacial score (nSPS) is 23.7. The molecule has 2 N–H and O–H groups in total. The number of hydrogen-bond acceptors (Lipinski definition) is 4. The summed E-state index contributed by atoms with van der Waals surface area (Å²) in [4.78, 5) is 18.1. The number of aliphatic hydroxyl groups excluding tert-OH is 1. The first-order valence-electron chi connectivity index (χ1n) is 12.8. The van der Waals surface area contributed by atoms with Crippen LogP contribution in [0.25, 0.3) is 0 Å². The van der Waals surface area contributed by atoms with Gasteiger partial charge in [0.05, 0.1) is 6.10 Å². The highest BCUT2D eigenvalue weighted by atomic mass is 16.3. The van der Waals surface area contributed by atoms with Gasteiger partial charge in [0.15, 0.2) is 0 Å². The van der Waals surface area contributed by atoms with Crippen LogP contribution in [0.5, 0.6) is 5.75 Å². The predicted molar refractivity (Wildman–Crippen MR) is 142 cm³/mol. The van der Waals surface area contributed by atoms with E-state index in [2.05, 4.69) is 36.1 Å². The number of aromatic hydroxyl groups is 1. The number of nitrogens with zero attached hydrogens (tertiary/aromatic N) is 2. The predicted octanol–water partition coefficient (Wildman–Crippen LogP) is 4.11. The van der Waals surface area contributed by atoms with Crippen LogP contribution in [0, 0.1) is 0 Å². The summed E-state index contributed by atoms with van der Waals surface area (Å²) >= 11 is 0. The molecule has 1 aliphatic heterocycles. The van der Waals surface area contributed by atoms with Gasteiger partial charge in [-0.05, 0) is 60.2 Å². The van der Waals surface area contributed by atoms with Crippen molar-refractivity contribution in [3.05, 3.63) is 101 Å². The second-order valence-corrected chi connectivity index (χ2v) is 10.8. The number of carbonyl (C=O) groups excluding carboxylic acids is 1. The van der Waals surface area contributed by atoms with Gasteiger partial charge in [0.1, 0.15) is 11.2 Å². The topological polar surface area (TPSA) is 64.0 Å². The first kappa shape index (κ1) is 24.5. The minimum absolute atomic E-state index is 0.0282. The second kappa shape index (κ2) is 9.38. The van der Waals surface area contributed by atoms with Gasteiger partial charge in [-0.25, -0.2) is 0 Å². The van der Waals surface area contributed by atoms with Crippen molar-refractivity contribution in [3.63, 3.8) is 0 Å². The standard InChI is InChI=1S/C31H36N2O3/c1-30-16-18-33(27(28(30)35)20-22-14-15-25(34)21-26(22)30)19-17-31(29(36)32(2)3,23-10-6-4-7-11-23)24-12-8-5-9-13-24/h4-15,21,27-28,34-35H,16-20H2,1-3H3/t27?,28-,30+/m1/s1. The SMILES string of the molecule is CN(C)C(=O)C(CCN1CC[C@@]2(C)c3cc(O)ccc3CC1[C@H]2O)(c1ccccc1)c1ccccc1. The number of carbonyl (C=O) groups is 1. The van der Waals surface area contributed by atoms with E-state index in [9.17, 15) is 15.0 Å². The van der Waals surface area contributed by atoms with Crippen molar-refractivity contribution in [2.45, 2.75) is 49.2 Å². The van der Waals surface area contributed by atoms with Crippen LogP contribution in [0.2, 0.25) is 0 Å². The Hall–Kier alpha value is -3.15. The summed E-state index contributed by atoms with van der Waals surface area (Å²) < 4.78 is 0. The van der Waals surface area contributed by atoms with Crippen LogP contribution in [-0.4, -0.2) is 65.3 Å². The summed E-state index contributed by atoms with van der Waals surface area (Å²) in [5, 5.41) is 21.6. The van der Waals surface area contributed by atoms with Crippen LogP contribution in [0.15, 0.2) is 78.9 Å². The van der Waals surface area contributed by atoms with E-state index in [4.69, 9.17) is 0 Å². The molecule has 2 aliphatic rings. The average Bonchev–Trinajstić information content (AvgIpc) is 2.89. The van der Waals surface area contributed by atoms with Crippen molar-refractivity contribution in [1.82, 2.24) is 9.80 Å². The first-order chi connectivity index (χ1) is 17.3. The van der Waals surface area contributed by atoms with Gasteiger partial charge in [-0.3, -0.25) is 9.69 Å². The van der Waals surface area contributed by atoms with Crippen LogP contribution in [0.4, 0.5) is 0 Å². The summed E-state index contributed by atoms with van der Waals surface area (Å²) in [6.45, 7) is 3.64. The summed E-state index contributed by atoms with van der Waals surface area (Å²) in [5.41, 5.74) is 3.02. The molecule has 0 aromatic heterocycles. The van der Waals surface area contributed by atoms with E-state index in [1.807, 2.05) is 62.6 Å². The summed E-state index contributed by atoms with van der Waals surface area (Å²) in [5.74, 6) is 0.313. The van der Waals surface area contributed by atoms with E-state index in [0.29, 0.717) is 13.0 Å². The number of phenolic OH excluding ortho intramolecular Hbond substituents is 1. The van der Waals surface area contributed by atoms with Gasteiger partial charge in [0, 0.05) is 32.1 Å². The fourth-order valence-electron chi connectivity index (χ4n) is 6.57. The molecule has 5 nitrogen and oxygen atoms in total. The maximum absolute atomic E-state index is 14.0. The second-order valence-electron chi connectivity index (χ2n) is 10.8. The number of amides is 1. The maximum atomic E-state index is 14.0. The Labute approximate surface area is 214 Å². The van der Waals surface area contributed by atoms with Crippen LogP contribution in [-0.2, 0) is 22.0 Å². The molecule has 188 valence electrons. The van der Waals surface area contributed by atoms with Crippen molar-refractivity contribution in [3.8, 4) is 5.75 Å². The highest BCUT2D eigenvalue weighted by molar-refractivity contribution is 5.92. The molecule has 1 amide bonds. The van der Waals surface area contributed by atoms with E-state index in [1.54, 1.807) is 11.0 Å². The number of phenols is 1. The summed E-state index contributed by atoms with van der Waals surface area (Å²) in [7, 11) is 3.65. The first-order valence-corrected chi connectivity index (χ1v) is 12.8. The van der Waals surface area contributed by atoms with E-state index in [1.165, 1.54) is 5.56 Å². The number of likely N-dealkylation sites (tertiary alicyclic amines) is 1. The molecule has 1 fully saturated rings. The summed E-state index contributed by atoms with van der Waals surface area (Å²) in [6, 6.07) is 25.7. The Morgan fingerprint density at radius 2 is 1.64 bits per heavy atom. The lowest BCUT2D eigenvalue weighted by molar-refractivity contribution is -0.134. The number of aliphatic hydroxyl groups is 1. The molecular formula is C31H36N2O3. The molecule has 0 saturated carbocycles. The molecule has 36 heavy (non-hydrogen) atoms. The Bertz CT molecular complexity index is 1190. The average molecular weight is 485 g/mol.